The number of hydrogen-bond acceptors (Lipinski definition) is 5. The number of likely N-dealkylation sites (tertiary alicyclic amines) is 1. The van der Waals surface area contributed by atoms with Gasteiger partial charge in [0, 0.05) is 25.1 Å². The van der Waals surface area contributed by atoms with Crippen LogP contribution in [0.2, 0.25) is 0 Å². The monoisotopic (exact) mass is 459 g/mol. The summed E-state index contributed by atoms with van der Waals surface area (Å²) in [6.07, 6.45) is 7.04. The summed E-state index contributed by atoms with van der Waals surface area (Å²) in [6.45, 7) is 2.53. The van der Waals surface area contributed by atoms with Gasteiger partial charge in [0.1, 0.15) is 19.0 Å². The van der Waals surface area contributed by atoms with Crippen LogP contribution in [-0.4, -0.2) is 40.1 Å². The predicted octanol–water partition coefficient (Wildman–Crippen LogP) is 4.26. The fourth-order valence-corrected chi connectivity index (χ4v) is 5.52. The van der Waals surface area contributed by atoms with Crippen LogP contribution in [0.3, 0.4) is 0 Å². The lowest BCUT2D eigenvalue weighted by Crippen LogP contribution is -2.31. The Hall–Kier alpha value is -3.35. The van der Waals surface area contributed by atoms with Gasteiger partial charge in [0.2, 0.25) is 0 Å². The van der Waals surface area contributed by atoms with Crippen molar-refractivity contribution in [3.63, 3.8) is 0 Å². The van der Waals surface area contributed by atoms with Crippen molar-refractivity contribution in [3.8, 4) is 11.5 Å². The predicted molar refractivity (Wildman–Crippen MR) is 129 cm³/mol. The van der Waals surface area contributed by atoms with Gasteiger partial charge >= 0.3 is 0 Å². The molecule has 2 aromatic carbocycles. The van der Waals surface area contributed by atoms with Crippen molar-refractivity contribution in [1.82, 2.24) is 14.5 Å². The summed E-state index contributed by atoms with van der Waals surface area (Å²) >= 11 is 0. The number of aryl methyl sites for hydroxylation is 1. The van der Waals surface area contributed by atoms with Crippen molar-refractivity contribution in [2.75, 3.05) is 19.8 Å². The molecule has 1 fully saturated rings. The number of carbonyl (C=O) groups excluding carboxylic acids is 1. The van der Waals surface area contributed by atoms with E-state index in [1.807, 2.05) is 27.7 Å². The van der Waals surface area contributed by atoms with Gasteiger partial charge < -0.3 is 14.4 Å². The molecule has 3 aromatic rings. The third kappa shape index (κ3) is 3.73. The first-order valence-electron chi connectivity index (χ1n) is 12.4. The second-order valence-corrected chi connectivity index (χ2v) is 9.44. The lowest BCUT2D eigenvalue weighted by atomic mass is 10.0. The molecule has 0 radical (unpaired) electrons. The molecular formula is C27H29N3O4. The van der Waals surface area contributed by atoms with Crippen LogP contribution in [0.25, 0.3) is 10.9 Å². The molecule has 7 heteroatoms. The largest absolute Gasteiger partial charge is 0.486 e. The maximum Gasteiger partial charge on any atom is 0.261 e. The van der Waals surface area contributed by atoms with E-state index in [1.165, 1.54) is 6.42 Å². The van der Waals surface area contributed by atoms with Crippen molar-refractivity contribution < 1.29 is 14.3 Å². The van der Waals surface area contributed by atoms with Crippen molar-refractivity contribution >= 4 is 16.8 Å². The smallest absolute Gasteiger partial charge is 0.261 e. The quantitative estimate of drug-likeness (QED) is 0.573. The SMILES string of the molecule is O=C(c1ccc2c(=O)n3c(nc2c1)CCCCCC3)N1CCC[C@H]1c1ccc2c(c1)OCCO2. The number of aromatic nitrogens is 2. The fourth-order valence-electron chi connectivity index (χ4n) is 5.52. The van der Waals surface area contributed by atoms with E-state index in [4.69, 9.17) is 14.5 Å². The Balaban J connectivity index is 1.32. The lowest BCUT2D eigenvalue weighted by Gasteiger charge is -2.27. The average molecular weight is 460 g/mol. The van der Waals surface area contributed by atoms with Crippen LogP contribution in [0.4, 0.5) is 0 Å². The molecule has 4 heterocycles. The number of nitrogens with zero attached hydrogens (tertiary/aromatic N) is 3. The molecule has 0 aliphatic carbocycles. The average Bonchev–Trinajstić information content (AvgIpc) is 3.34. The summed E-state index contributed by atoms with van der Waals surface area (Å²) in [5.41, 5.74) is 2.28. The van der Waals surface area contributed by atoms with Gasteiger partial charge in [-0.05, 0) is 61.6 Å². The minimum atomic E-state index is -0.0204. The number of benzene rings is 2. The summed E-state index contributed by atoms with van der Waals surface area (Å²) in [6, 6.07) is 11.3. The van der Waals surface area contributed by atoms with Gasteiger partial charge in [0.25, 0.3) is 11.5 Å². The van der Waals surface area contributed by atoms with Crippen LogP contribution in [-0.2, 0) is 13.0 Å². The molecular weight excluding hydrogens is 430 g/mol. The molecule has 1 saturated heterocycles. The van der Waals surface area contributed by atoms with Gasteiger partial charge in [-0.15, -0.1) is 0 Å². The molecule has 1 aromatic heterocycles. The third-order valence-corrected chi connectivity index (χ3v) is 7.28. The molecule has 1 atom stereocenters. The van der Waals surface area contributed by atoms with Crippen LogP contribution in [0.1, 0.15) is 66.3 Å². The fraction of sp³-hybridized carbons (Fsp3) is 0.444. The Morgan fingerprint density at radius 1 is 0.912 bits per heavy atom. The third-order valence-electron chi connectivity index (χ3n) is 7.28. The van der Waals surface area contributed by atoms with Crippen LogP contribution in [0.5, 0.6) is 11.5 Å². The zero-order valence-corrected chi connectivity index (χ0v) is 19.3. The van der Waals surface area contributed by atoms with E-state index in [1.54, 1.807) is 18.2 Å². The maximum atomic E-state index is 13.6. The highest BCUT2D eigenvalue weighted by Gasteiger charge is 2.32. The normalized spacial score (nSPS) is 20.0. The number of rotatable bonds is 2. The van der Waals surface area contributed by atoms with Gasteiger partial charge in [-0.25, -0.2) is 4.98 Å². The zero-order chi connectivity index (χ0) is 23.1. The molecule has 0 bridgehead atoms. The summed E-state index contributed by atoms with van der Waals surface area (Å²) in [7, 11) is 0. The zero-order valence-electron chi connectivity index (χ0n) is 19.3. The second-order valence-electron chi connectivity index (χ2n) is 9.44. The second kappa shape index (κ2) is 8.78. The molecule has 0 spiro atoms. The number of hydrogen-bond donors (Lipinski definition) is 0. The van der Waals surface area contributed by atoms with E-state index >= 15 is 0 Å². The van der Waals surface area contributed by atoms with Crippen molar-refractivity contribution in [3.05, 3.63) is 63.7 Å². The van der Waals surface area contributed by atoms with Crippen molar-refractivity contribution in [2.45, 2.75) is 57.5 Å². The lowest BCUT2D eigenvalue weighted by molar-refractivity contribution is 0.0735. The topological polar surface area (TPSA) is 73.7 Å². The Kier molecular flexibility index (Phi) is 5.47. The standard InChI is InChI=1S/C27H29N3O4/c31-26(29-13-5-6-22(29)18-9-11-23-24(17-18)34-15-14-33-23)19-8-10-20-21(16-19)28-25-7-3-1-2-4-12-30(25)27(20)32/h8-11,16-17,22H,1-7,12-15H2/t22-/m0/s1. The van der Waals surface area contributed by atoms with E-state index in [-0.39, 0.29) is 17.5 Å². The van der Waals surface area contributed by atoms with Crippen molar-refractivity contribution in [2.24, 2.45) is 0 Å². The molecule has 0 N–H and O–H groups in total. The Morgan fingerprint density at radius 3 is 2.68 bits per heavy atom. The van der Waals surface area contributed by atoms with Gasteiger partial charge in [-0.3, -0.25) is 14.2 Å². The first-order valence-corrected chi connectivity index (χ1v) is 12.4. The molecule has 7 nitrogen and oxygen atoms in total. The summed E-state index contributed by atoms with van der Waals surface area (Å²) in [4.78, 5) is 33.5. The first kappa shape index (κ1) is 21.2. The number of carbonyl (C=O) groups is 1. The number of fused-ring (bicyclic) bond motifs is 3. The summed E-state index contributed by atoms with van der Waals surface area (Å²) in [5.74, 6) is 2.33. The van der Waals surface area contributed by atoms with Crippen molar-refractivity contribution in [1.29, 1.82) is 0 Å². The summed E-state index contributed by atoms with van der Waals surface area (Å²) in [5, 5.41) is 0.589. The minimum Gasteiger partial charge on any atom is -0.486 e. The van der Waals surface area contributed by atoms with E-state index in [2.05, 4.69) is 0 Å². The number of ether oxygens (including phenoxy) is 2. The Bertz CT molecular complexity index is 1320. The van der Waals surface area contributed by atoms with Crippen LogP contribution in [0, 0.1) is 0 Å². The van der Waals surface area contributed by atoms with Crippen LogP contribution in [0.15, 0.2) is 41.2 Å². The van der Waals surface area contributed by atoms with Gasteiger partial charge in [-0.2, -0.15) is 0 Å². The minimum absolute atomic E-state index is 0.00611. The van der Waals surface area contributed by atoms with E-state index in [0.29, 0.717) is 36.2 Å². The first-order chi connectivity index (χ1) is 16.7. The Labute approximate surface area is 198 Å². The van der Waals surface area contributed by atoms with Gasteiger partial charge in [0.15, 0.2) is 11.5 Å². The highest BCUT2D eigenvalue weighted by atomic mass is 16.6. The highest BCUT2D eigenvalue weighted by Crippen LogP contribution is 2.38. The van der Waals surface area contributed by atoms with Crippen LogP contribution < -0.4 is 15.0 Å². The summed E-state index contributed by atoms with van der Waals surface area (Å²) < 4.78 is 13.2. The molecule has 34 heavy (non-hydrogen) atoms. The van der Waals surface area contributed by atoms with E-state index in [0.717, 1.165) is 68.0 Å². The molecule has 176 valence electrons. The molecule has 3 aliphatic heterocycles. The Morgan fingerprint density at radius 2 is 1.76 bits per heavy atom. The maximum absolute atomic E-state index is 13.6. The number of amides is 1. The highest BCUT2D eigenvalue weighted by molar-refractivity contribution is 5.98. The van der Waals surface area contributed by atoms with E-state index in [9.17, 15) is 9.59 Å². The van der Waals surface area contributed by atoms with Crippen LogP contribution >= 0.6 is 0 Å². The van der Waals surface area contributed by atoms with Gasteiger partial charge in [-0.1, -0.05) is 18.9 Å². The molecule has 1 amide bonds. The van der Waals surface area contributed by atoms with E-state index < -0.39 is 0 Å². The molecule has 0 unspecified atom stereocenters. The van der Waals surface area contributed by atoms with Gasteiger partial charge in [0.05, 0.1) is 16.9 Å². The molecule has 3 aliphatic rings. The molecule has 6 rings (SSSR count). The molecule has 0 saturated carbocycles.